The predicted molar refractivity (Wildman–Crippen MR) is 78.7 cm³/mol. The van der Waals surface area contributed by atoms with Crippen LogP contribution < -0.4 is 11.1 Å². The van der Waals surface area contributed by atoms with Gasteiger partial charge in [0, 0.05) is 18.5 Å². The maximum Gasteiger partial charge on any atom is 0.223 e. The molecule has 0 aliphatic heterocycles. The fourth-order valence-electron chi connectivity index (χ4n) is 3.73. The summed E-state index contributed by atoms with van der Waals surface area (Å²) in [5.41, 5.74) is 6.02. The van der Waals surface area contributed by atoms with Gasteiger partial charge in [-0.25, -0.2) is 0 Å². The van der Waals surface area contributed by atoms with Crippen LogP contribution in [0.25, 0.3) is 0 Å². The molecule has 2 fully saturated rings. The lowest BCUT2D eigenvalue weighted by Crippen LogP contribution is -2.39. The summed E-state index contributed by atoms with van der Waals surface area (Å²) in [6.45, 7) is 2.97. The SMILES string of the molecule is CC(C(=O)NCC1CCCCC1)C1CCCC(N)C1. The summed E-state index contributed by atoms with van der Waals surface area (Å²) in [6.07, 6.45) is 11.2. The van der Waals surface area contributed by atoms with Crippen LogP contribution in [0.4, 0.5) is 0 Å². The van der Waals surface area contributed by atoms with Gasteiger partial charge in [-0.05, 0) is 43.9 Å². The van der Waals surface area contributed by atoms with Crippen LogP contribution in [0.3, 0.4) is 0 Å². The minimum atomic E-state index is 0.134. The van der Waals surface area contributed by atoms with Crippen LogP contribution >= 0.6 is 0 Å². The lowest BCUT2D eigenvalue weighted by Gasteiger charge is -2.31. The molecule has 2 aliphatic carbocycles. The predicted octanol–water partition coefficient (Wildman–Crippen LogP) is 2.84. The van der Waals surface area contributed by atoms with E-state index in [0.717, 1.165) is 25.3 Å². The molecule has 0 aromatic heterocycles. The summed E-state index contributed by atoms with van der Waals surface area (Å²) < 4.78 is 0. The third-order valence-electron chi connectivity index (χ3n) is 5.17. The lowest BCUT2D eigenvalue weighted by atomic mass is 9.78. The molecule has 0 bridgehead atoms. The second-order valence-electron chi connectivity index (χ2n) is 6.72. The lowest BCUT2D eigenvalue weighted by molar-refractivity contribution is -0.126. The van der Waals surface area contributed by atoms with Crippen molar-refractivity contribution in [3.8, 4) is 0 Å². The number of rotatable bonds is 4. The van der Waals surface area contributed by atoms with Crippen molar-refractivity contribution in [2.45, 2.75) is 70.8 Å². The monoisotopic (exact) mass is 266 g/mol. The smallest absolute Gasteiger partial charge is 0.223 e. The van der Waals surface area contributed by atoms with Gasteiger partial charge >= 0.3 is 0 Å². The van der Waals surface area contributed by atoms with E-state index in [9.17, 15) is 4.79 Å². The normalized spacial score (nSPS) is 30.8. The molecule has 3 nitrogen and oxygen atoms in total. The van der Waals surface area contributed by atoms with Crippen molar-refractivity contribution in [3.63, 3.8) is 0 Å². The molecular formula is C16H30N2O. The van der Waals surface area contributed by atoms with Crippen molar-refractivity contribution in [1.82, 2.24) is 5.32 Å². The minimum Gasteiger partial charge on any atom is -0.356 e. The molecule has 2 aliphatic rings. The van der Waals surface area contributed by atoms with Gasteiger partial charge in [0.25, 0.3) is 0 Å². The molecule has 3 heteroatoms. The highest BCUT2D eigenvalue weighted by Crippen LogP contribution is 2.29. The Hall–Kier alpha value is -0.570. The first kappa shape index (κ1) is 14.8. The molecule has 0 heterocycles. The van der Waals surface area contributed by atoms with Crippen molar-refractivity contribution in [2.75, 3.05) is 6.54 Å². The molecule has 0 aromatic carbocycles. The van der Waals surface area contributed by atoms with Crippen LogP contribution in [0.15, 0.2) is 0 Å². The average molecular weight is 266 g/mol. The zero-order chi connectivity index (χ0) is 13.7. The zero-order valence-corrected chi connectivity index (χ0v) is 12.4. The Kier molecular flexibility index (Phi) is 5.68. The molecule has 0 spiro atoms. The molecule has 0 saturated heterocycles. The number of nitrogens with two attached hydrogens (primary N) is 1. The van der Waals surface area contributed by atoms with E-state index in [0.29, 0.717) is 12.0 Å². The highest BCUT2D eigenvalue weighted by molar-refractivity contribution is 5.78. The molecule has 3 N–H and O–H groups in total. The average Bonchev–Trinajstić information content (AvgIpc) is 2.45. The quantitative estimate of drug-likeness (QED) is 0.822. The number of carbonyl (C=O) groups is 1. The van der Waals surface area contributed by atoms with Gasteiger partial charge in [0.05, 0.1) is 0 Å². The van der Waals surface area contributed by atoms with E-state index >= 15 is 0 Å². The first-order chi connectivity index (χ1) is 9.16. The van der Waals surface area contributed by atoms with Crippen LogP contribution in [0.1, 0.15) is 64.7 Å². The van der Waals surface area contributed by atoms with E-state index in [2.05, 4.69) is 12.2 Å². The van der Waals surface area contributed by atoms with E-state index in [1.54, 1.807) is 0 Å². The Morgan fingerprint density at radius 3 is 2.58 bits per heavy atom. The third kappa shape index (κ3) is 4.48. The van der Waals surface area contributed by atoms with E-state index in [4.69, 9.17) is 5.73 Å². The number of nitrogens with one attached hydrogen (secondary N) is 1. The second kappa shape index (κ2) is 7.28. The first-order valence-corrected chi connectivity index (χ1v) is 8.20. The Labute approximate surface area is 117 Å². The largest absolute Gasteiger partial charge is 0.356 e. The van der Waals surface area contributed by atoms with Crippen molar-refractivity contribution in [1.29, 1.82) is 0 Å². The molecular weight excluding hydrogens is 236 g/mol. The van der Waals surface area contributed by atoms with Gasteiger partial charge in [0.1, 0.15) is 0 Å². The van der Waals surface area contributed by atoms with Crippen molar-refractivity contribution < 1.29 is 4.79 Å². The molecule has 3 unspecified atom stereocenters. The topological polar surface area (TPSA) is 55.1 Å². The number of amides is 1. The minimum absolute atomic E-state index is 0.134. The Morgan fingerprint density at radius 1 is 1.16 bits per heavy atom. The fraction of sp³-hybridized carbons (Fsp3) is 0.938. The van der Waals surface area contributed by atoms with Crippen LogP contribution in [-0.2, 0) is 4.79 Å². The van der Waals surface area contributed by atoms with Gasteiger partial charge < -0.3 is 11.1 Å². The van der Waals surface area contributed by atoms with Crippen molar-refractivity contribution in [2.24, 2.45) is 23.5 Å². The summed E-state index contributed by atoms with van der Waals surface area (Å²) in [6, 6.07) is 0.312. The molecule has 2 saturated carbocycles. The molecule has 19 heavy (non-hydrogen) atoms. The zero-order valence-electron chi connectivity index (χ0n) is 12.4. The van der Waals surface area contributed by atoms with E-state index in [1.165, 1.54) is 44.9 Å². The summed E-state index contributed by atoms with van der Waals surface area (Å²) in [5.74, 6) is 1.60. The summed E-state index contributed by atoms with van der Waals surface area (Å²) in [5, 5.41) is 3.18. The summed E-state index contributed by atoms with van der Waals surface area (Å²) >= 11 is 0. The Balaban J connectivity index is 1.72. The van der Waals surface area contributed by atoms with Crippen LogP contribution in [0, 0.1) is 17.8 Å². The number of hydrogen-bond donors (Lipinski definition) is 2. The van der Waals surface area contributed by atoms with Gasteiger partial charge in [-0.15, -0.1) is 0 Å². The van der Waals surface area contributed by atoms with Crippen molar-refractivity contribution in [3.05, 3.63) is 0 Å². The number of hydrogen-bond acceptors (Lipinski definition) is 2. The van der Waals surface area contributed by atoms with E-state index in [-0.39, 0.29) is 11.8 Å². The standard InChI is InChI=1S/C16H30N2O/c1-12(14-8-5-9-15(17)10-14)16(19)18-11-13-6-3-2-4-7-13/h12-15H,2-11,17H2,1H3,(H,18,19). The maximum absolute atomic E-state index is 12.2. The van der Waals surface area contributed by atoms with Crippen LogP contribution in [0.5, 0.6) is 0 Å². The second-order valence-corrected chi connectivity index (χ2v) is 6.72. The first-order valence-electron chi connectivity index (χ1n) is 8.20. The maximum atomic E-state index is 12.2. The summed E-state index contributed by atoms with van der Waals surface area (Å²) in [4.78, 5) is 12.2. The Bertz CT molecular complexity index is 286. The van der Waals surface area contributed by atoms with Gasteiger partial charge in [-0.2, -0.15) is 0 Å². The van der Waals surface area contributed by atoms with Gasteiger partial charge in [0.15, 0.2) is 0 Å². The van der Waals surface area contributed by atoms with Gasteiger partial charge in [-0.1, -0.05) is 32.6 Å². The van der Waals surface area contributed by atoms with Gasteiger partial charge in [-0.3, -0.25) is 4.79 Å². The molecule has 0 radical (unpaired) electrons. The number of carbonyl (C=O) groups excluding carboxylic acids is 1. The molecule has 2 rings (SSSR count). The van der Waals surface area contributed by atoms with Crippen LogP contribution in [0.2, 0.25) is 0 Å². The molecule has 0 aromatic rings. The highest BCUT2D eigenvalue weighted by atomic mass is 16.1. The van der Waals surface area contributed by atoms with Gasteiger partial charge in [0.2, 0.25) is 5.91 Å². The summed E-state index contributed by atoms with van der Waals surface area (Å²) in [7, 11) is 0. The fourth-order valence-corrected chi connectivity index (χ4v) is 3.73. The van der Waals surface area contributed by atoms with E-state index < -0.39 is 0 Å². The van der Waals surface area contributed by atoms with Crippen molar-refractivity contribution >= 4 is 5.91 Å². The third-order valence-corrected chi connectivity index (χ3v) is 5.17. The molecule has 1 amide bonds. The molecule has 110 valence electrons. The van der Waals surface area contributed by atoms with E-state index in [1.807, 2.05) is 0 Å². The Morgan fingerprint density at radius 2 is 1.89 bits per heavy atom. The molecule has 3 atom stereocenters. The highest BCUT2D eigenvalue weighted by Gasteiger charge is 2.28. The van der Waals surface area contributed by atoms with Crippen LogP contribution in [-0.4, -0.2) is 18.5 Å².